The van der Waals surface area contributed by atoms with Crippen LogP contribution in [0.1, 0.15) is 17.5 Å². The Bertz CT molecular complexity index is 1110. The van der Waals surface area contributed by atoms with Gasteiger partial charge in [0.05, 0.1) is 11.9 Å². The Balaban J connectivity index is 1.46. The van der Waals surface area contributed by atoms with Gasteiger partial charge in [-0.15, -0.1) is 34.5 Å². The summed E-state index contributed by atoms with van der Waals surface area (Å²) in [4.78, 5) is 30.7. The van der Waals surface area contributed by atoms with Crippen molar-refractivity contribution in [3.8, 4) is 11.3 Å². The summed E-state index contributed by atoms with van der Waals surface area (Å²) in [7, 11) is 0. The molecule has 3 aromatic rings. The zero-order chi connectivity index (χ0) is 24.3. The highest BCUT2D eigenvalue weighted by Gasteiger charge is 2.12. The molecule has 10 heteroatoms. The van der Waals surface area contributed by atoms with Crippen LogP contribution in [0.25, 0.3) is 11.3 Å². The molecule has 0 spiro atoms. The molecule has 1 heterocycles. The number of hydrogen-bond acceptors (Lipinski definition) is 6. The maximum atomic E-state index is 12.2. The molecule has 178 valence electrons. The SMILES string of the molecule is Cc1ccc(-c2csc(NC(=O)CC(=O)N/N=C\c3ccc(N(CCCl)CCCl)cc3)n2)cc1. The molecular formula is C24H25Cl2N5O2S. The molecular weight excluding hydrogens is 493 g/mol. The first kappa shape index (κ1) is 25.7. The van der Waals surface area contributed by atoms with E-state index >= 15 is 0 Å². The number of halogens is 2. The molecule has 0 saturated heterocycles. The number of aromatic nitrogens is 1. The average molecular weight is 518 g/mol. The average Bonchev–Trinajstić information content (AvgIpc) is 3.28. The third-order valence-electron chi connectivity index (χ3n) is 4.79. The summed E-state index contributed by atoms with van der Waals surface area (Å²) in [6, 6.07) is 15.6. The van der Waals surface area contributed by atoms with Crippen LogP contribution in [0.2, 0.25) is 0 Å². The number of thiazole rings is 1. The van der Waals surface area contributed by atoms with Crippen LogP contribution in [0.4, 0.5) is 10.8 Å². The lowest BCUT2D eigenvalue weighted by Gasteiger charge is -2.22. The molecule has 0 aliphatic heterocycles. The number of alkyl halides is 2. The smallest absolute Gasteiger partial charge is 0.249 e. The van der Waals surface area contributed by atoms with Crippen LogP contribution >= 0.6 is 34.5 Å². The van der Waals surface area contributed by atoms with E-state index < -0.39 is 11.8 Å². The lowest BCUT2D eigenvalue weighted by molar-refractivity contribution is -0.126. The standard InChI is InChI=1S/C24H25Cl2N5O2S/c1-17-2-6-19(7-3-17)21-16-34-24(28-21)29-22(32)14-23(33)30-27-15-18-4-8-20(9-5-18)31(12-10-25)13-11-26/h2-9,15-16H,10-14H2,1H3,(H,30,33)(H,28,29,32)/b27-15-. The molecule has 0 saturated carbocycles. The maximum absolute atomic E-state index is 12.2. The molecule has 0 radical (unpaired) electrons. The molecule has 2 aromatic carbocycles. The van der Waals surface area contributed by atoms with Crippen LogP contribution in [0, 0.1) is 6.92 Å². The number of carbonyl (C=O) groups excluding carboxylic acids is 2. The number of benzene rings is 2. The Morgan fingerprint density at radius 3 is 2.35 bits per heavy atom. The molecule has 0 fully saturated rings. The Labute approximate surface area is 212 Å². The number of hydrazone groups is 1. The summed E-state index contributed by atoms with van der Waals surface area (Å²) in [5.74, 6) is 0.0448. The number of aryl methyl sites for hydroxylation is 1. The van der Waals surface area contributed by atoms with Crippen LogP contribution < -0.4 is 15.6 Å². The number of nitrogens with zero attached hydrogens (tertiary/aromatic N) is 3. The zero-order valence-corrected chi connectivity index (χ0v) is 21.0. The quantitative estimate of drug-likeness (QED) is 0.164. The highest BCUT2D eigenvalue weighted by atomic mass is 35.5. The monoisotopic (exact) mass is 517 g/mol. The first-order valence-corrected chi connectivity index (χ1v) is 12.5. The van der Waals surface area contributed by atoms with Crippen molar-refractivity contribution in [2.45, 2.75) is 13.3 Å². The summed E-state index contributed by atoms with van der Waals surface area (Å²) in [6.45, 7) is 3.42. The second kappa shape index (κ2) is 13.1. The van der Waals surface area contributed by atoms with E-state index in [0.29, 0.717) is 30.0 Å². The third kappa shape index (κ3) is 7.83. The molecule has 0 bridgehead atoms. The van der Waals surface area contributed by atoms with Crippen molar-refractivity contribution < 1.29 is 9.59 Å². The van der Waals surface area contributed by atoms with Crippen LogP contribution in [0.3, 0.4) is 0 Å². The van der Waals surface area contributed by atoms with E-state index in [4.69, 9.17) is 23.2 Å². The first-order chi connectivity index (χ1) is 16.5. The molecule has 0 atom stereocenters. The van der Waals surface area contributed by atoms with Gasteiger partial charge in [-0.2, -0.15) is 5.10 Å². The Hall–Kier alpha value is -2.94. The second-order valence-corrected chi connectivity index (χ2v) is 8.99. The predicted octanol–water partition coefficient (Wildman–Crippen LogP) is 4.88. The largest absolute Gasteiger partial charge is 0.369 e. The molecule has 3 rings (SSSR count). The number of anilines is 2. The molecule has 1 aromatic heterocycles. The van der Waals surface area contributed by atoms with Gasteiger partial charge in [0.15, 0.2) is 5.13 Å². The number of carbonyl (C=O) groups is 2. The number of amides is 2. The maximum Gasteiger partial charge on any atom is 0.249 e. The van der Waals surface area contributed by atoms with Crippen molar-refractivity contribution in [3.05, 3.63) is 65.0 Å². The van der Waals surface area contributed by atoms with Crippen molar-refractivity contribution in [1.29, 1.82) is 0 Å². The van der Waals surface area contributed by atoms with Crippen molar-refractivity contribution in [2.75, 3.05) is 35.1 Å². The minimum Gasteiger partial charge on any atom is -0.369 e. The summed E-state index contributed by atoms with van der Waals surface area (Å²) < 4.78 is 0. The lowest BCUT2D eigenvalue weighted by atomic mass is 10.1. The lowest BCUT2D eigenvalue weighted by Crippen LogP contribution is -2.27. The molecule has 2 amide bonds. The van der Waals surface area contributed by atoms with Gasteiger partial charge in [0.2, 0.25) is 11.8 Å². The van der Waals surface area contributed by atoms with Crippen LogP contribution in [-0.4, -0.2) is 47.9 Å². The number of hydrogen-bond donors (Lipinski definition) is 2. The summed E-state index contributed by atoms with van der Waals surface area (Å²) in [6.07, 6.45) is 1.16. The molecule has 2 N–H and O–H groups in total. The summed E-state index contributed by atoms with van der Waals surface area (Å²) in [5.41, 5.74) is 7.08. The first-order valence-electron chi connectivity index (χ1n) is 10.6. The third-order valence-corrected chi connectivity index (χ3v) is 5.88. The van der Waals surface area contributed by atoms with E-state index in [1.807, 2.05) is 60.8 Å². The highest BCUT2D eigenvalue weighted by Crippen LogP contribution is 2.25. The van der Waals surface area contributed by atoms with Crippen molar-refractivity contribution in [1.82, 2.24) is 10.4 Å². The second-order valence-electron chi connectivity index (χ2n) is 7.38. The van der Waals surface area contributed by atoms with E-state index in [9.17, 15) is 9.59 Å². The van der Waals surface area contributed by atoms with Crippen molar-refractivity contribution >= 4 is 63.4 Å². The van der Waals surface area contributed by atoms with E-state index in [-0.39, 0.29) is 6.42 Å². The topological polar surface area (TPSA) is 86.7 Å². The van der Waals surface area contributed by atoms with Crippen molar-refractivity contribution in [2.24, 2.45) is 5.10 Å². The summed E-state index contributed by atoms with van der Waals surface area (Å²) >= 11 is 13.0. The zero-order valence-electron chi connectivity index (χ0n) is 18.6. The van der Waals surface area contributed by atoms with Gasteiger partial charge in [-0.05, 0) is 24.6 Å². The molecule has 0 aliphatic rings. The summed E-state index contributed by atoms with van der Waals surface area (Å²) in [5, 5.41) is 8.88. The van der Waals surface area contributed by atoms with Gasteiger partial charge in [-0.3, -0.25) is 9.59 Å². The molecule has 34 heavy (non-hydrogen) atoms. The van der Waals surface area contributed by atoms with Gasteiger partial charge in [0, 0.05) is 41.5 Å². The fourth-order valence-corrected chi connectivity index (χ4v) is 4.20. The van der Waals surface area contributed by atoms with Gasteiger partial charge < -0.3 is 10.2 Å². The fourth-order valence-electron chi connectivity index (χ4n) is 3.06. The van der Waals surface area contributed by atoms with Crippen LogP contribution in [0.5, 0.6) is 0 Å². The van der Waals surface area contributed by atoms with E-state index in [2.05, 4.69) is 25.7 Å². The van der Waals surface area contributed by atoms with Gasteiger partial charge in [0.1, 0.15) is 6.42 Å². The van der Waals surface area contributed by atoms with Crippen LogP contribution in [0.15, 0.2) is 59.0 Å². The molecule has 7 nitrogen and oxygen atoms in total. The van der Waals surface area contributed by atoms with Gasteiger partial charge >= 0.3 is 0 Å². The number of nitrogens with one attached hydrogen (secondary N) is 2. The predicted molar refractivity (Wildman–Crippen MR) is 141 cm³/mol. The van der Waals surface area contributed by atoms with E-state index in [0.717, 1.165) is 28.1 Å². The normalized spacial score (nSPS) is 10.9. The van der Waals surface area contributed by atoms with Gasteiger partial charge in [-0.1, -0.05) is 42.0 Å². The Kier molecular flexibility index (Phi) is 9.88. The molecule has 0 unspecified atom stereocenters. The van der Waals surface area contributed by atoms with Gasteiger partial charge in [0.25, 0.3) is 0 Å². The minimum atomic E-state index is -0.518. The Morgan fingerprint density at radius 1 is 1.03 bits per heavy atom. The minimum absolute atomic E-state index is 0.360. The van der Waals surface area contributed by atoms with E-state index in [1.54, 1.807) is 0 Å². The fraction of sp³-hybridized carbons (Fsp3) is 0.250. The Morgan fingerprint density at radius 2 is 1.71 bits per heavy atom. The van der Waals surface area contributed by atoms with Crippen molar-refractivity contribution in [3.63, 3.8) is 0 Å². The molecule has 0 aliphatic carbocycles. The van der Waals surface area contributed by atoms with E-state index in [1.165, 1.54) is 17.6 Å². The van der Waals surface area contributed by atoms with Gasteiger partial charge in [-0.25, -0.2) is 10.4 Å². The number of rotatable bonds is 11. The highest BCUT2D eigenvalue weighted by molar-refractivity contribution is 7.14. The van der Waals surface area contributed by atoms with Crippen LogP contribution in [-0.2, 0) is 9.59 Å².